The normalized spacial score (nSPS) is 20.1. The lowest BCUT2D eigenvalue weighted by Crippen LogP contribution is -2.38. The third-order valence-electron chi connectivity index (χ3n) is 4.53. The minimum atomic E-state index is -0.506. The number of amides is 2. The number of benzene rings is 1. The number of piperidine rings is 1. The molecule has 150 valence electrons. The van der Waals surface area contributed by atoms with Crippen molar-refractivity contribution in [1.82, 2.24) is 10.2 Å². The van der Waals surface area contributed by atoms with Gasteiger partial charge >= 0.3 is 0 Å². The second kappa shape index (κ2) is 9.58. The van der Waals surface area contributed by atoms with Gasteiger partial charge in [0.25, 0.3) is 5.91 Å². The Hall–Kier alpha value is -1.83. The highest BCUT2D eigenvalue weighted by atomic mass is 35.5. The van der Waals surface area contributed by atoms with Crippen LogP contribution in [0.2, 0.25) is 5.02 Å². The molecule has 2 heterocycles. The molecule has 0 radical (unpaired) electrons. The van der Waals surface area contributed by atoms with Crippen molar-refractivity contribution in [3.8, 4) is 5.75 Å². The molecule has 28 heavy (non-hydrogen) atoms. The van der Waals surface area contributed by atoms with Gasteiger partial charge in [-0.05, 0) is 41.8 Å². The molecule has 0 aromatic heterocycles. The van der Waals surface area contributed by atoms with Gasteiger partial charge in [-0.3, -0.25) is 9.59 Å². The Balaban J connectivity index is 1.75. The Bertz CT molecular complexity index is 927. The van der Waals surface area contributed by atoms with Gasteiger partial charge in [-0.1, -0.05) is 42.9 Å². The molecule has 0 saturated carbocycles. The molecule has 2 amide bonds. The summed E-state index contributed by atoms with van der Waals surface area (Å²) >= 11 is 11.3. The molecule has 0 bridgehead atoms. The summed E-state index contributed by atoms with van der Waals surface area (Å²) in [6.07, 6.45) is 7.05. The minimum Gasteiger partial charge on any atom is -0.483 e. The van der Waals surface area contributed by atoms with Gasteiger partial charge in [0.05, 0.1) is 0 Å². The van der Waals surface area contributed by atoms with Crippen LogP contribution in [0.5, 0.6) is 5.75 Å². The first-order valence-corrected chi connectivity index (χ1v) is 11.2. The zero-order valence-electron chi connectivity index (χ0n) is 15.6. The van der Waals surface area contributed by atoms with E-state index in [0.717, 1.165) is 36.4 Å². The van der Waals surface area contributed by atoms with Gasteiger partial charge in [-0.15, -0.1) is 5.37 Å². The molecular weight excluding hydrogens is 416 g/mol. The SMILES string of the molecule is CC(C=Cc1cc(Cl)ccc1OCC(=O)N1CCCCC1)=[S-]1=CC(=O)NC1=S. The van der Waals surface area contributed by atoms with E-state index < -0.39 is 10.1 Å². The zero-order chi connectivity index (χ0) is 20.1. The molecule has 8 heteroatoms. The van der Waals surface area contributed by atoms with Crippen molar-refractivity contribution >= 4 is 66.3 Å². The number of hydrogen-bond donors (Lipinski definition) is 1. The molecule has 0 unspecified atom stereocenters. The zero-order valence-corrected chi connectivity index (χ0v) is 18.0. The van der Waals surface area contributed by atoms with Crippen molar-refractivity contribution < 1.29 is 14.3 Å². The Morgan fingerprint density at radius 2 is 2.11 bits per heavy atom. The van der Waals surface area contributed by atoms with Crippen LogP contribution in [0.25, 0.3) is 6.08 Å². The van der Waals surface area contributed by atoms with E-state index in [9.17, 15) is 9.59 Å². The second-order valence-electron chi connectivity index (χ2n) is 6.59. The van der Waals surface area contributed by atoms with Crippen LogP contribution in [0.1, 0.15) is 31.7 Å². The fourth-order valence-electron chi connectivity index (χ4n) is 3.02. The van der Waals surface area contributed by atoms with Crippen molar-refractivity contribution in [3.63, 3.8) is 0 Å². The summed E-state index contributed by atoms with van der Waals surface area (Å²) in [7, 11) is -0.506. The molecule has 0 spiro atoms. The minimum absolute atomic E-state index is 0.00398. The standard InChI is InChI=1S/C20H22ClN2O3S2/c1-14(28-13-18(24)22-20(28)27)5-6-15-11-16(21)7-8-17(15)26-12-19(25)23-9-3-2-4-10-23/h5-8,11,13H,2-4,9-10,12H2,1H3,(H,22,24,27)/q-1. The molecule has 1 saturated heterocycles. The molecular formula is C20H22ClN2O3S2-. The number of nitrogens with zero attached hydrogens (tertiary/aromatic N) is 1. The number of halogens is 1. The van der Waals surface area contributed by atoms with Gasteiger partial charge in [-0.2, -0.15) is 4.86 Å². The number of hydrogen-bond acceptors (Lipinski definition) is 5. The third kappa shape index (κ3) is 5.37. The maximum Gasteiger partial charge on any atom is 0.260 e. The van der Waals surface area contributed by atoms with E-state index >= 15 is 0 Å². The Kier molecular flexibility index (Phi) is 7.15. The topological polar surface area (TPSA) is 58.6 Å². The highest BCUT2D eigenvalue weighted by molar-refractivity contribution is 8.19. The molecule has 0 aliphatic carbocycles. The number of allylic oxidation sites excluding steroid dienone is 1. The Labute approximate surface area is 177 Å². The van der Waals surface area contributed by atoms with Crippen LogP contribution < -0.4 is 10.1 Å². The van der Waals surface area contributed by atoms with E-state index in [0.29, 0.717) is 15.1 Å². The summed E-state index contributed by atoms with van der Waals surface area (Å²) in [4.78, 5) is 26.6. The van der Waals surface area contributed by atoms with Crippen LogP contribution in [0.3, 0.4) is 0 Å². The highest BCUT2D eigenvalue weighted by Gasteiger charge is 2.17. The summed E-state index contributed by atoms with van der Waals surface area (Å²) in [5.74, 6) is 0.433. The van der Waals surface area contributed by atoms with Crippen LogP contribution >= 0.6 is 23.8 Å². The van der Waals surface area contributed by atoms with Gasteiger partial charge in [0.15, 0.2) is 6.61 Å². The predicted octanol–water partition coefficient (Wildman–Crippen LogP) is 2.77. The number of thiocarbonyl (C=S) groups is 1. The lowest BCUT2D eigenvalue weighted by molar-refractivity contribution is -0.134. The fraction of sp³-hybridized carbons (Fsp3) is 0.350. The third-order valence-corrected chi connectivity index (χ3v) is 7.18. The maximum atomic E-state index is 12.4. The fourth-order valence-corrected chi connectivity index (χ4v) is 5.12. The van der Waals surface area contributed by atoms with E-state index in [1.54, 1.807) is 23.6 Å². The lowest BCUT2D eigenvalue weighted by Gasteiger charge is -2.26. The number of nitrogens with one attached hydrogen (secondary N) is 1. The van der Waals surface area contributed by atoms with E-state index in [2.05, 4.69) is 5.32 Å². The summed E-state index contributed by atoms with van der Waals surface area (Å²) in [6, 6.07) is 5.29. The number of carbonyl (C=O) groups excluding carboxylic acids is 2. The van der Waals surface area contributed by atoms with Crippen LogP contribution in [-0.2, 0) is 19.7 Å². The molecule has 1 aromatic rings. The summed E-state index contributed by atoms with van der Waals surface area (Å²) in [5, 5.41) is 4.81. The van der Waals surface area contributed by atoms with E-state index in [1.165, 1.54) is 6.42 Å². The lowest BCUT2D eigenvalue weighted by atomic mass is 10.1. The van der Waals surface area contributed by atoms with Gasteiger partial charge in [-0.25, -0.2) is 0 Å². The largest absolute Gasteiger partial charge is 0.483 e. The molecule has 5 nitrogen and oxygen atoms in total. The molecule has 1 fully saturated rings. The maximum absolute atomic E-state index is 12.4. The second-order valence-corrected chi connectivity index (χ2v) is 9.66. The van der Waals surface area contributed by atoms with E-state index in [1.807, 2.05) is 24.0 Å². The van der Waals surface area contributed by atoms with Crippen LogP contribution in [-0.4, -0.2) is 51.0 Å². The Morgan fingerprint density at radius 1 is 1.36 bits per heavy atom. The van der Waals surface area contributed by atoms with Crippen LogP contribution in [0.4, 0.5) is 0 Å². The highest BCUT2D eigenvalue weighted by Crippen LogP contribution is 2.24. The van der Waals surface area contributed by atoms with Gasteiger partial charge in [0.1, 0.15) is 5.75 Å². The predicted molar refractivity (Wildman–Crippen MR) is 121 cm³/mol. The number of likely N-dealkylation sites (tertiary alicyclic amines) is 1. The smallest absolute Gasteiger partial charge is 0.260 e. The van der Waals surface area contributed by atoms with Gasteiger partial charge < -0.3 is 25.0 Å². The van der Waals surface area contributed by atoms with Crippen molar-refractivity contribution in [2.75, 3.05) is 19.7 Å². The number of ether oxygens (including phenoxy) is 1. The first-order chi connectivity index (χ1) is 13.4. The van der Waals surface area contributed by atoms with Gasteiger partial charge in [0, 0.05) is 23.7 Å². The average Bonchev–Trinajstić information content (AvgIpc) is 3.04. The van der Waals surface area contributed by atoms with E-state index in [-0.39, 0.29) is 18.4 Å². The molecule has 1 N–H and O–H groups in total. The first kappa shape index (κ1) is 20.9. The van der Waals surface area contributed by atoms with Gasteiger partial charge in [0.2, 0.25) is 5.91 Å². The quantitative estimate of drug-likeness (QED) is 0.437. The Morgan fingerprint density at radius 3 is 2.79 bits per heavy atom. The summed E-state index contributed by atoms with van der Waals surface area (Å²) in [5.41, 5.74) is 0.770. The monoisotopic (exact) mass is 437 g/mol. The average molecular weight is 438 g/mol. The summed E-state index contributed by atoms with van der Waals surface area (Å²) in [6.45, 7) is 3.53. The molecule has 3 rings (SSSR count). The van der Waals surface area contributed by atoms with Crippen LogP contribution in [0, 0.1) is 0 Å². The molecule has 2 aliphatic rings. The molecule has 0 atom stereocenters. The van der Waals surface area contributed by atoms with Crippen molar-refractivity contribution in [2.45, 2.75) is 26.2 Å². The number of carbonyl (C=O) groups is 2. The van der Waals surface area contributed by atoms with E-state index in [4.69, 9.17) is 28.6 Å². The van der Waals surface area contributed by atoms with Crippen LogP contribution in [0.15, 0.2) is 24.3 Å². The first-order valence-electron chi connectivity index (χ1n) is 9.09. The molecule has 1 aromatic carbocycles. The number of rotatable bonds is 5. The van der Waals surface area contributed by atoms with Crippen molar-refractivity contribution in [2.24, 2.45) is 0 Å². The molecule has 2 aliphatic heterocycles. The van der Waals surface area contributed by atoms with Crippen molar-refractivity contribution in [3.05, 3.63) is 34.9 Å². The summed E-state index contributed by atoms with van der Waals surface area (Å²) < 4.78 is 6.32. The van der Waals surface area contributed by atoms with Crippen molar-refractivity contribution in [1.29, 1.82) is 0 Å².